The summed E-state index contributed by atoms with van der Waals surface area (Å²) < 4.78 is 10.6. The first kappa shape index (κ1) is 28.9. The number of amidine groups is 2. The molecule has 0 spiro atoms. The van der Waals surface area contributed by atoms with E-state index in [2.05, 4.69) is 20.3 Å². The van der Waals surface area contributed by atoms with Crippen LogP contribution in [-0.2, 0) is 32.0 Å². The van der Waals surface area contributed by atoms with Crippen molar-refractivity contribution in [3.63, 3.8) is 0 Å². The van der Waals surface area contributed by atoms with Gasteiger partial charge in [0.15, 0.2) is 0 Å². The third kappa shape index (κ3) is 6.43. The Balaban J connectivity index is 0.00000361. The average Bonchev–Trinajstić information content (AvgIpc) is 3.62. The number of rotatable bonds is 7. The minimum atomic E-state index is -0.950. The van der Waals surface area contributed by atoms with Gasteiger partial charge in [-0.05, 0) is 37.0 Å². The predicted molar refractivity (Wildman–Crippen MR) is 142 cm³/mol. The van der Waals surface area contributed by atoms with Crippen LogP contribution in [0, 0.1) is 0 Å². The number of ether oxygens (including phenoxy) is 2. The van der Waals surface area contributed by atoms with Crippen LogP contribution in [0.25, 0.3) is 5.32 Å². The minimum absolute atomic E-state index is 0. The maximum atomic E-state index is 12.9. The Hall–Kier alpha value is -1.64. The Morgan fingerprint density at radius 1 is 1.03 bits per heavy atom. The van der Waals surface area contributed by atoms with Crippen LogP contribution in [0.3, 0.4) is 0 Å². The molecule has 0 amide bonds. The number of thiazole rings is 2. The van der Waals surface area contributed by atoms with Gasteiger partial charge in [0.2, 0.25) is 0 Å². The molecule has 0 atom stereocenters. The van der Waals surface area contributed by atoms with Gasteiger partial charge >= 0.3 is 29.0 Å². The van der Waals surface area contributed by atoms with Crippen molar-refractivity contribution in [2.45, 2.75) is 33.1 Å². The molecule has 197 valence electrons. The van der Waals surface area contributed by atoms with Crippen molar-refractivity contribution < 1.29 is 36.1 Å². The molecule has 10 nitrogen and oxygen atoms in total. The monoisotopic (exact) mass is 615 g/mol. The van der Waals surface area contributed by atoms with Gasteiger partial charge in [-0.2, -0.15) is 0 Å². The molecule has 4 heterocycles. The zero-order chi connectivity index (χ0) is 25.0. The topological polar surface area (TPSA) is 131 Å². The Morgan fingerprint density at radius 2 is 1.75 bits per heavy atom. The summed E-state index contributed by atoms with van der Waals surface area (Å²) in [7, 11) is 0. The standard InChI is InChI=1S/C21H26N6O4S4.Cu/c1-5-30-15(28)11-13(24-19(34-11)26-17-22-7-9-32-17)21(3,4)14-12(16(29)31-6-2)35-20(25-14)27-18-23-8-10-33-18;/h5-10H2,1-4H3,(H2,22,23,24,25,26,27,28,29);/q;+2/p-2. The number of carbonyl (C=O) groups excluding carboxylic acids is 2. The van der Waals surface area contributed by atoms with Crippen molar-refractivity contribution in [2.75, 3.05) is 37.8 Å². The molecule has 2 aliphatic rings. The van der Waals surface area contributed by atoms with Gasteiger partial charge in [0.25, 0.3) is 0 Å². The Labute approximate surface area is 235 Å². The van der Waals surface area contributed by atoms with E-state index in [4.69, 9.17) is 19.4 Å². The first-order chi connectivity index (χ1) is 16.8. The van der Waals surface area contributed by atoms with Crippen molar-refractivity contribution in [3.05, 3.63) is 31.3 Å². The van der Waals surface area contributed by atoms with E-state index in [-0.39, 0.29) is 30.3 Å². The Morgan fingerprint density at radius 3 is 2.36 bits per heavy atom. The van der Waals surface area contributed by atoms with Gasteiger partial charge in [-0.25, -0.2) is 14.6 Å². The fraction of sp³-hybridized carbons (Fsp3) is 0.524. The molecule has 0 unspecified atom stereocenters. The third-order valence-electron chi connectivity index (χ3n) is 4.86. The first-order valence-electron chi connectivity index (χ1n) is 11.0. The Bertz CT molecular complexity index is 1240. The largest absolute Gasteiger partial charge is 2.00 e. The first-order valence-corrected chi connectivity index (χ1v) is 14.6. The Kier molecular flexibility index (Phi) is 10.2. The van der Waals surface area contributed by atoms with Crippen LogP contribution in [0.15, 0.2) is 15.0 Å². The van der Waals surface area contributed by atoms with E-state index in [1.165, 1.54) is 0 Å². The van der Waals surface area contributed by atoms with Gasteiger partial charge in [-0.3, -0.25) is 4.99 Å². The quantitative estimate of drug-likeness (QED) is 0.338. The second-order valence-electron chi connectivity index (χ2n) is 7.66. The van der Waals surface area contributed by atoms with Crippen molar-refractivity contribution >= 4 is 73.6 Å². The van der Waals surface area contributed by atoms with E-state index in [0.717, 1.165) is 34.2 Å². The molecule has 2 aromatic heterocycles. The fourth-order valence-electron chi connectivity index (χ4n) is 3.29. The van der Waals surface area contributed by atoms with Crippen molar-refractivity contribution in [3.8, 4) is 0 Å². The molecule has 0 bridgehead atoms. The normalized spacial score (nSPS) is 17.1. The number of esters is 2. The molecule has 1 radical (unpaired) electrons. The number of nitrogens with zero attached hydrogens (tertiary/aromatic N) is 6. The van der Waals surface area contributed by atoms with Gasteiger partial charge in [-0.1, -0.05) is 13.8 Å². The van der Waals surface area contributed by atoms with Gasteiger partial charge in [0, 0.05) is 22.5 Å². The summed E-state index contributed by atoms with van der Waals surface area (Å²) in [5.41, 5.74) is -0.0925. The molecule has 2 aromatic rings. The van der Waals surface area contributed by atoms with Crippen molar-refractivity contribution in [2.24, 2.45) is 15.0 Å². The number of thioether (sulfide) groups is 2. The van der Waals surface area contributed by atoms with E-state index in [1.807, 2.05) is 13.8 Å². The zero-order valence-electron chi connectivity index (χ0n) is 20.0. The van der Waals surface area contributed by atoms with Crippen LogP contribution in [-0.4, -0.2) is 65.1 Å². The smallest absolute Gasteiger partial charge is 0.462 e. The van der Waals surface area contributed by atoms with Crippen molar-refractivity contribution in [1.82, 2.24) is 9.97 Å². The summed E-state index contributed by atoms with van der Waals surface area (Å²) in [5, 5.41) is 6.02. The number of aliphatic imine (C=N–C) groups is 2. The molecule has 36 heavy (non-hydrogen) atoms. The molecular formula is C21H24CuN6O4S4. The van der Waals surface area contributed by atoms with E-state index in [1.54, 1.807) is 37.4 Å². The molecule has 0 aliphatic carbocycles. The van der Waals surface area contributed by atoms with Gasteiger partial charge in [0.05, 0.1) is 24.1 Å². The van der Waals surface area contributed by atoms with Gasteiger partial charge in [-0.15, -0.1) is 46.2 Å². The van der Waals surface area contributed by atoms with Crippen LogP contribution >= 0.6 is 46.2 Å². The minimum Gasteiger partial charge on any atom is -0.462 e. The summed E-state index contributed by atoms with van der Waals surface area (Å²) in [6.07, 6.45) is 0. The summed E-state index contributed by atoms with van der Waals surface area (Å²) >= 11 is 5.36. The van der Waals surface area contributed by atoms with Crippen LogP contribution in [0.4, 0.5) is 5.13 Å². The van der Waals surface area contributed by atoms with Gasteiger partial charge in [0.1, 0.15) is 14.9 Å². The predicted octanol–water partition coefficient (Wildman–Crippen LogP) is 3.95. The zero-order valence-corrected chi connectivity index (χ0v) is 24.2. The van der Waals surface area contributed by atoms with Crippen LogP contribution in [0.2, 0.25) is 0 Å². The number of aromatic nitrogens is 2. The maximum absolute atomic E-state index is 12.9. The molecule has 1 saturated heterocycles. The molecule has 4 rings (SSSR count). The molecule has 0 aromatic carbocycles. The van der Waals surface area contributed by atoms with Crippen LogP contribution in [0.1, 0.15) is 58.4 Å². The third-order valence-corrected chi connectivity index (χ3v) is 8.45. The van der Waals surface area contributed by atoms with Crippen LogP contribution in [0.5, 0.6) is 0 Å². The number of carbonyl (C=O) groups is 2. The molecule has 15 heteroatoms. The SMILES string of the molecule is CCOC(=O)c1sc(/N=C2\[N-]CCS2)nc1C(C)(C)c1[n-]/c(=N\C2=NCCS2)sc1C(=O)OCC.[Cu+2]. The summed E-state index contributed by atoms with van der Waals surface area (Å²) in [4.78, 5) is 49.6. The fourth-order valence-corrected chi connectivity index (χ4v) is 6.79. The molecule has 1 fully saturated rings. The molecular weight excluding hydrogens is 592 g/mol. The van der Waals surface area contributed by atoms with E-state index >= 15 is 0 Å². The maximum Gasteiger partial charge on any atom is 2.00 e. The average molecular weight is 616 g/mol. The summed E-state index contributed by atoms with van der Waals surface area (Å²) in [5.74, 6) is 0.741. The summed E-state index contributed by atoms with van der Waals surface area (Å²) in [6, 6.07) is 0. The van der Waals surface area contributed by atoms with Crippen molar-refractivity contribution in [1.29, 1.82) is 0 Å². The van der Waals surface area contributed by atoms with E-state index in [9.17, 15) is 9.59 Å². The van der Waals surface area contributed by atoms with E-state index in [0.29, 0.717) is 54.5 Å². The molecule has 0 N–H and O–H groups in total. The summed E-state index contributed by atoms with van der Waals surface area (Å²) in [6.45, 7) is 9.06. The number of hydrogen-bond acceptors (Lipinski definition) is 12. The van der Waals surface area contributed by atoms with Gasteiger partial charge < -0.3 is 29.8 Å². The molecule has 0 saturated carbocycles. The second kappa shape index (κ2) is 12.7. The number of hydrogen-bond donors (Lipinski definition) is 0. The van der Waals surface area contributed by atoms with Crippen LogP contribution < -0.4 is 9.79 Å². The second-order valence-corrected chi connectivity index (χ2v) is 11.7. The molecule has 2 aliphatic heterocycles. The van der Waals surface area contributed by atoms with E-state index < -0.39 is 17.4 Å².